The highest BCUT2D eigenvalue weighted by molar-refractivity contribution is 6.30. The second-order valence-electron chi connectivity index (χ2n) is 10.7. The van der Waals surface area contributed by atoms with Crippen LogP contribution in [0.3, 0.4) is 0 Å². The molecular formula is C28H31ClN4O7. The Morgan fingerprint density at radius 2 is 1.77 bits per heavy atom. The number of fused-ring (bicyclic) bond motifs is 1. The first kappa shape index (κ1) is 28.9. The molecule has 1 fully saturated rings. The van der Waals surface area contributed by atoms with Crippen LogP contribution in [0.25, 0.3) is 11.0 Å². The van der Waals surface area contributed by atoms with Crippen molar-refractivity contribution in [2.75, 3.05) is 17.7 Å². The standard InChI is InChI=1S/C28H31ClN4O7/c1-28(2,3)40-27(38)33(4)18-9-5-15(6-10-18)24(34)32-22-19-13-16(26(36)37)7-11-20(19)39-23(22)25(35)31-21-12-8-17(29)14-30-21/h7-8,11-15,18H,5-6,9-10H2,1-4H3,(H,32,34)(H,36,37)(H,30,31,35)/t15-,18-. The molecule has 0 saturated heterocycles. The molecule has 1 aliphatic rings. The number of aromatic nitrogens is 1. The summed E-state index contributed by atoms with van der Waals surface area (Å²) < 4.78 is 11.2. The molecular weight excluding hydrogens is 540 g/mol. The topological polar surface area (TPSA) is 151 Å². The summed E-state index contributed by atoms with van der Waals surface area (Å²) in [5.41, 5.74) is -0.329. The van der Waals surface area contributed by atoms with Gasteiger partial charge in [0.05, 0.1) is 10.6 Å². The van der Waals surface area contributed by atoms with E-state index >= 15 is 0 Å². The smallest absolute Gasteiger partial charge is 0.410 e. The van der Waals surface area contributed by atoms with E-state index in [0.717, 1.165) is 0 Å². The maximum atomic E-state index is 13.4. The van der Waals surface area contributed by atoms with Crippen LogP contribution in [0, 0.1) is 5.92 Å². The Morgan fingerprint density at radius 1 is 1.07 bits per heavy atom. The molecule has 2 heterocycles. The molecule has 1 saturated carbocycles. The van der Waals surface area contributed by atoms with Gasteiger partial charge in [-0.15, -0.1) is 0 Å². The summed E-state index contributed by atoms with van der Waals surface area (Å²) in [6, 6.07) is 7.13. The minimum Gasteiger partial charge on any atom is -0.478 e. The second kappa shape index (κ2) is 11.5. The van der Waals surface area contributed by atoms with Crippen molar-refractivity contribution in [3.8, 4) is 0 Å². The Balaban J connectivity index is 1.53. The van der Waals surface area contributed by atoms with Crippen LogP contribution in [0.5, 0.6) is 0 Å². The zero-order valence-electron chi connectivity index (χ0n) is 22.6. The van der Waals surface area contributed by atoms with Crippen molar-refractivity contribution < 1.29 is 33.4 Å². The number of carbonyl (C=O) groups is 4. The fraction of sp³-hybridized carbons (Fsp3) is 0.393. The lowest BCUT2D eigenvalue weighted by Crippen LogP contribution is -2.43. The van der Waals surface area contributed by atoms with Crippen LogP contribution in [-0.2, 0) is 9.53 Å². The van der Waals surface area contributed by atoms with E-state index in [1.54, 1.807) is 38.8 Å². The predicted octanol–water partition coefficient (Wildman–Crippen LogP) is 5.80. The number of benzene rings is 1. The monoisotopic (exact) mass is 570 g/mol. The van der Waals surface area contributed by atoms with Crippen molar-refractivity contribution in [3.05, 3.63) is 52.9 Å². The first-order chi connectivity index (χ1) is 18.8. The summed E-state index contributed by atoms with van der Waals surface area (Å²) in [4.78, 5) is 56.2. The highest BCUT2D eigenvalue weighted by Crippen LogP contribution is 2.35. The summed E-state index contributed by atoms with van der Waals surface area (Å²) in [5.74, 6) is -2.54. The number of nitrogens with one attached hydrogen (secondary N) is 2. The van der Waals surface area contributed by atoms with Crippen LogP contribution in [0.15, 0.2) is 40.9 Å². The third-order valence-electron chi connectivity index (χ3n) is 6.66. The largest absolute Gasteiger partial charge is 0.478 e. The minimum atomic E-state index is -1.16. The first-order valence-electron chi connectivity index (χ1n) is 12.8. The minimum absolute atomic E-state index is 0.0270. The van der Waals surface area contributed by atoms with Gasteiger partial charge in [-0.05, 0) is 76.8 Å². The maximum Gasteiger partial charge on any atom is 0.410 e. The molecule has 2 aromatic heterocycles. The van der Waals surface area contributed by atoms with Crippen molar-refractivity contribution >= 4 is 58.0 Å². The van der Waals surface area contributed by atoms with Gasteiger partial charge in [0, 0.05) is 30.6 Å². The lowest BCUT2D eigenvalue weighted by molar-refractivity contribution is -0.121. The van der Waals surface area contributed by atoms with E-state index in [1.807, 2.05) is 0 Å². The zero-order chi connectivity index (χ0) is 29.2. The Morgan fingerprint density at radius 3 is 2.38 bits per heavy atom. The van der Waals surface area contributed by atoms with Crippen LogP contribution in [-0.4, -0.2) is 57.6 Å². The molecule has 40 heavy (non-hydrogen) atoms. The van der Waals surface area contributed by atoms with Gasteiger partial charge in [0.15, 0.2) is 0 Å². The number of hydrogen-bond acceptors (Lipinski definition) is 7. The fourth-order valence-corrected chi connectivity index (χ4v) is 4.68. The molecule has 0 unspecified atom stereocenters. The number of aromatic carboxylic acids is 1. The molecule has 0 radical (unpaired) electrons. The molecule has 3 amide bonds. The van der Waals surface area contributed by atoms with Crippen molar-refractivity contribution in [2.45, 2.75) is 58.1 Å². The van der Waals surface area contributed by atoms with Crippen molar-refractivity contribution in [3.63, 3.8) is 0 Å². The summed E-state index contributed by atoms with van der Waals surface area (Å²) in [7, 11) is 1.69. The van der Waals surface area contributed by atoms with Gasteiger partial charge in [0.2, 0.25) is 11.7 Å². The van der Waals surface area contributed by atoms with Gasteiger partial charge in [-0.2, -0.15) is 0 Å². The van der Waals surface area contributed by atoms with E-state index in [-0.39, 0.29) is 51.7 Å². The molecule has 1 aliphatic carbocycles. The van der Waals surface area contributed by atoms with E-state index in [1.165, 1.54) is 30.5 Å². The SMILES string of the molecule is CN(C(=O)OC(C)(C)C)[C@H]1CC[C@H](C(=O)Nc2c(C(=O)Nc3ccc(Cl)cn3)oc3ccc(C(=O)O)cc23)CC1. The van der Waals surface area contributed by atoms with E-state index in [2.05, 4.69) is 15.6 Å². The number of carboxylic acids is 1. The molecule has 212 valence electrons. The molecule has 4 rings (SSSR count). The molecule has 0 bridgehead atoms. The van der Waals surface area contributed by atoms with E-state index in [0.29, 0.717) is 30.7 Å². The van der Waals surface area contributed by atoms with E-state index in [4.69, 9.17) is 20.8 Å². The molecule has 3 aromatic rings. The third kappa shape index (κ3) is 6.71. The van der Waals surface area contributed by atoms with Gasteiger partial charge in [0.25, 0.3) is 5.91 Å². The first-order valence-corrected chi connectivity index (χ1v) is 13.2. The van der Waals surface area contributed by atoms with Crippen molar-refractivity contribution in [1.82, 2.24) is 9.88 Å². The lowest BCUT2D eigenvalue weighted by Gasteiger charge is -2.35. The van der Waals surface area contributed by atoms with Gasteiger partial charge in [0.1, 0.15) is 22.7 Å². The Labute approximate surface area is 235 Å². The Hall–Kier alpha value is -4.12. The van der Waals surface area contributed by atoms with E-state index in [9.17, 15) is 24.3 Å². The molecule has 3 N–H and O–H groups in total. The van der Waals surface area contributed by atoms with Crippen LogP contribution >= 0.6 is 11.6 Å². The number of halogens is 1. The zero-order valence-corrected chi connectivity index (χ0v) is 23.4. The van der Waals surface area contributed by atoms with E-state index < -0.39 is 23.6 Å². The summed E-state index contributed by atoms with van der Waals surface area (Å²) in [6.07, 6.45) is 3.17. The van der Waals surface area contributed by atoms with Gasteiger partial charge < -0.3 is 29.8 Å². The van der Waals surface area contributed by atoms with Gasteiger partial charge in [-0.25, -0.2) is 14.6 Å². The van der Waals surface area contributed by atoms with Crippen LogP contribution in [0.1, 0.15) is 67.4 Å². The third-order valence-corrected chi connectivity index (χ3v) is 6.88. The Bertz CT molecular complexity index is 1440. The summed E-state index contributed by atoms with van der Waals surface area (Å²) in [6.45, 7) is 5.42. The second-order valence-corrected chi connectivity index (χ2v) is 11.2. The van der Waals surface area contributed by atoms with Crippen molar-refractivity contribution in [1.29, 1.82) is 0 Å². The predicted molar refractivity (Wildman–Crippen MR) is 149 cm³/mol. The molecule has 0 aliphatic heterocycles. The molecule has 11 nitrogen and oxygen atoms in total. The number of pyridine rings is 1. The number of nitrogens with zero attached hydrogens (tertiary/aromatic N) is 2. The number of anilines is 2. The number of rotatable bonds is 6. The highest BCUT2D eigenvalue weighted by Gasteiger charge is 2.33. The number of furan rings is 1. The molecule has 1 aromatic carbocycles. The summed E-state index contributed by atoms with van der Waals surface area (Å²) in [5, 5.41) is 15.6. The number of carboxylic acid groups (broad SMARTS) is 1. The normalized spacial score (nSPS) is 17.2. The lowest BCUT2D eigenvalue weighted by atomic mass is 9.85. The number of hydrogen-bond donors (Lipinski definition) is 3. The van der Waals surface area contributed by atoms with Crippen LogP contribution < -0.4 is 10.6 Å². The Kier molecular flexibility index (Phi) is 8.34. The number of carbonyl (C=O) groups excluding carboxylic acids is 3. The van der Waals surface area contributed by atoms with Crippen molar-refractivity contribution in [2.24, 2.45) is 5.92 Å². The fourth-order valence-electron chi connectivity index (χ4n) is 4.57. The van der Waals surface area contributed by atoms with Gasteiger partial charge in [-0.3, -0.25) is 9.59 Å². The molecule has 0 spiro atoms. The number of ether oxygens (including phenoxy) is 1. The van der Waals surface area contributed by atoms with Crippen LogP contribution in [0.2, 0.25) is 5.02 Å². The number of amides is 3. The maximum absolute atomic E-state index is 13.4. The average Bonchev–Trinajstić information content (AvgIpc) is 3.26. The highest BCUT2D eigenvalue weighted by atomic mass is 35.5. The van der Waals surface area contributed by atoms with Gasteiger partial charge >= 0.3 is 12.1 Å². The average molecular weight is 571 g/mol. The molecule has 0 atom stereocenters. The quantitative estimate of drug-likeness (QED) is 0.336. The van der Waals surface area contributed by atoms with Crippen LogP contribution in [0.4, 0.5) is 16.3 Å². The van der Waals surface area contributed by atoms with Gasteiger partial charge in [-0.1, -0.05) is 11.6 Å². The molecule has 12 heteroatoms. The summed E-state index contributed by atoms with van der Waals surface area (Å²) >= 11 is 5.87.